The summed E-state index contributed by atoms with van der Waals surface area (Å²) in [5.41, 5.74) is 0. The van der Waals surface area contributed by atoms with Crippen LogP contribution in [0.3, 0.4) is 0 Å². The van der Waals surface area contributed by atoms with E-state index >= 15 is 0 Å². The Bertz CT molecular complexity index is 351. The summed E-state index contributed by atoms with van der Waals surface area (Å²) in [7, 11) is 1.62. The second-order valence-electron chi connectivity index (χ2n) is 3.86. The number of rotatable bonds is 3. The Hall–Kier alpha value is -0.930. The molecule has 0 aliphatic carbocycles. The van der Waals surface area contributed by atoms with Crippen LogP contribution in [0.5, 0.6) is 11.5 Å². The van der Waals surface area contributed by atoms with Crippen molar-refractivity contribution in [1.29, 1.82) is 0 Å². The van der Waals surface area contributed by atoms with E-state index in [1.165, 1.54) is 0 Å². The summed E-state index contributed by atoms with van der Waals surface area (Å²) in [5.74, 6) is 1.50. The van der Waals surface area contributed by atoms with Gasteiger partial charge < -0.3 is 14.8 Å². The Kier molecular flexibility index (Phi) is 3.91. The first-order valence-corrected chi connectivity index (χ1v) is 5.88. The number of hydrogen-bond acceptors (Lipinski definition) is 3. The first-order valence-electron chi connectivity index (χ1n) is 5.50. The summed E-state index contributed by atoms with van der Waals surface area (Å²) >= 11 is 6.11. The summed E-state index contributed by atoms with van der Waals surface area (Å²) in [6, 6.07) is 5.50. The fourth-order valence-electron chi connectivity index (χ4n) is 1.80. The average molecular weight is 242 g/mol. The van der Waals surface area contributed by atoms with Gasteiger partial charge in [-0.15, -0.1) is 0 Å². The molecule has 16 heavy (non-hydrogen) atoms. The maximum absolute atomic E-state index is 6.11. The Labute approximate surface area is 101 Å². The van der Waals surface area contributed by atoms with Gasteiger partial charge in [0.25, 0.3) is 0 Å². The third-order valence-electron chi connectivity index (χ3n) is 2.72. The van der Waals surface area contributed by atoms with Crippen LogP contribution >= 0.6 is 11.6 Å². The Morgan fingerprint density at radius 2 is 2.06 bits per heavy atom. The highest BCUT2D eigenvalue weighted by atomic mass is 35.5. The average Bonchev–Trinajstić information content (AvgIpc) is 2.33. The van der Waals surface area contributed by atoms with Crippen LogP contribution in [0, 0.1) is 0 Å². The summed E-state index contributed by atoms with van der Waals surface area (Å²) in [6.07, 6.45) is 2.33. The van der Waals surface area contributed by atoms with Gasteiger partial charge in [-0.2, -0.15) is 0 Å². The van der Waals surface area contributed by atoms with Crippen molar-refractivity contribution in [3.8, 4) is 11.5 Å². The summed E-state index contributed by atoms with van der Waals surface area (Å²) in [5, 5.41) is 3.91. The molecular weight excluding hydrogens is 226 g/mol. The molecule has 1 fully saturated rings. The van der Waals surface area contributed by atoms with Gasteiger partial charge in [-0.25, -0.2) is 0 Å². The quantitative estimate of drug-likeness (QED) is 0.882. The lowest BCUT2D eigenvalue weighted by molar-refractivity contribution is 0.162. The van der Waals surface area contributed by atoms with Crippen LogP contribution in [0.4, 0.5) is 0 Å². The molecule has 0 radical (unpaired) electrons. The maximum Gasteiger partial charge on any atom is 0.138 e. The van der Waals surface area contributed by atoms with E-state index in [0.29, 0.717) is 5.02 Å². The zero-order valence-electron chi connectivity index (χ0n) is 9.33. The first-order chi connectivity index (χ1) is 7.79. The molecule has 1 heterocycles. The largest absolute Gasteiger partial charge is 0.497 e. The molecule has 0 unspecified atom stereocenters. The molecule has 1 N–H and O–H groups in total. The lowest BCUT2D eigenvalue weighted by Crippen LogP contribution is -2.34. The monoisotopic (exact) mass is 241 g/mol. The molecule has 4 heteroatoms. The van der Waals surface area contributed by atoms with Gasteiger partial charge in [0, 0.05) is 6.07 Å². The molecule has 1 saturated heterocycles. The molecule has 3 nitrogen and oxygen atoms in total. The van der Waals surface area contributed by atoms with Crippen LogP contribution < -0.4 is 14.8 Å². The SMILES string of the molecule is COc1ccc(OC2CCNCC2)c(Cl)c1. The highest BCUT2D eigenvalue weighted by molar-refractivity contribution is 6.32. The number of halogens is 1. The van der Waals surface area contributed by atoms with Gasteiger partial charge in [0.15, 0.2) is 0 Å². The van der Waals surface area contributed by atoms with Crippen LogP contribution in [-0.2, 0) is 0 Å². The summed E-state index contributed by atoms with van der Waals surface area (Å²) in [4.78, 5) is 0. The third-order valence-corrected chi connectivity index (χ3v) is 3.01. The van der Waals surface area contributed by atoms with Crippen molar-refractivity contribution in [1.82, 2.24) is 5.32 Å². The molecule has 0 bridgehead atoms. The normalized spacial score (nSPS) is 17.1. The highest BCUT2D eigenvalue weighted by Crippen LogP contribution is 2.30. The molecular formula is C12H16ClNO2. The second-order valence-corrected chi connectivity index (χ2v) is 4.27. The Morgan fingerprint density at radius 1 is 1.31 bits per heavy atom. The molecule has 0 aromatic heterocycles. The lowest BCUT2D eigenvalue weighted by atomic mass is 10.1. The van der Waals surface area contributed by atoms with Crippen molar-refractivity contribution in [3.05, 3.63) is 23.2 Å². The van der Waals surface area contributed by atoms with E-state index in [1.54, 1.807) is 13.2 Å². The molecule has 0 atom stereocenters. The third kappa shape index (κ3) is 2.80. The Balaban J connectivity index is 2.03. The predicted octanol–water partition coefficient (Wildman–Crippen LogP) is 2.48. The van der Waals surface area contributed by atoms with Crippen LogP contribution in [-0.4, -0.2) is 26.3 Å². The second kappa shape index (κ2) is 5.41. The number of benzene rings is 1. The number of ether oxygens (including phenoxy) is 2. The van der Waals surface area contributed by atoms with Crippen molar-refractivity contribution in [2.45, 2.75) is 18.9 Å². The lowest BCUT2D eigenvalue weighted by Gasteiger charge is -2.24. The van der Waals surface area contributed by atoms with Crippen LogP contribution in [0.25, 0.3) is 0 Å². The fraction of sp³-hybridized carbons (Fsp3) is 0.500. The topological polar surface area (TPSA) is 30.5 Å². The van der Waals surface area contributed by atoms with Gasteiger partial charge in [0.2, 0.25) is 0 Å². The molecule has 0 saturated carbocycles. The predicted molar refractivity (Wildman–Crippen MR) is 64.5 cm³/mol. The summed E-state index contributed by atoms with van der Waals surface area (Å²) in [6.45, 7) is 2.02. The molecule has 1 aromatic carbocycles. The fourth-order valence-corrected chi connectivity index (χ4v) is 2.01. The molecule has 0 spiro atoms. The van der Waals surface area contributed by atoms with Crippen molar-refractivity contribution >= 4 is 11.6 Å². The minimum atomic E-state index is 0.271. The van der Waals surface area contributed by atoms with E-state index in [1.807, 2.05) is 12.1 Å². The van der Waals surface area contributed by atoms with Crippen molar-refractivity contribution in [2.24, 2.45) is 0 Å². The zero-order chi connectivity index (χ0) is 11.4. The van der Waals surface area contributed by atoms with Crippen molar-refractivity contribution in [3.63, 3.8) is 0 Å². The van der Waals surface area contributed by atoms with Gasteiger partial charge in [-0.05, 0) is 38.1 Å². The molecule has 1 aliphatic rings. The van der Waals surface area contributed by atoms with Crippen molar-refractivity contribution in [2.75, 3.05) is 20.2 Å². The van der Waals surface area contributed by atoms with E-state index < -0.39 is 0 Å². The van der Waals surface area contributed by atoms with Gasteiger partial charge in [0.05, 0.1) is 12.1 Å². The van der Waals surface area contributed by atoms with Crippen LogP contribution in [0.2, 0.25) is 5.02 Å². The zero-order valence-corrected chi connectivity index (χ0v) is 10.1. The maximum atomic E-state index is 6.11. The smallest absolute Gasteiger partial charge is 0.138 e. The van der Waals surface area contributed by atoms with E-state index in [0.717, 1.165) is 37.4 Å². The summed E-state index contributed by atoms with van der Waals surface area (Å²) < 4.78 is 10.9. The minimum Gasteiger partial charge on any atom is -0.497 e. The molecule has 1 aromatic rings. The number of hydrogen-bond donors (Lipinski definition) is 1. The molecule has 88 valence electrons. The number of nitrogens with one attached hydrogen (secondary N) is 1. The number of methoxy groups -OCH3 is 1. The number of piperidine rings is 1. The Morgan fingerprint density at radius 3 is 2.69 bits per heavy atom. The van der Waals surface area contributed by atoms with E-state index in [-0.39, 0.29) is 6.10 Å². The molecule has 2 rings (SSSR count). The van der Waals surface area contributed by atoms with Crippen LogP contribution in [0.1, 0.15) is 12.8 Å². The van der Waals surface area contributed by atoms with Gasteiger partial charge in [-0.1, -0.05) is 11.6 Å². The minimum absolute atomic E-state index is 0.271. The van der Waals surface area contributed by atoms with Gasteiger partial charge >= 0.3 is 0 Å². The van der Waals surface area contributed by atoms with Crippen LogP contribution in [0.15, 0.2) is 18.2 Å². The molecule has 0 amide bonds. The van der Waals surface area contributed by atoms with E-state index in [4.69, 9.17) is 21.1 Å². The van der Waals surface area contributed by atoms with Crippen molar-refractivity contribution < 1.29 is 9.47 Å². The van der Waals surface area contributed by atoms with E-state index in [9.17, 15) is 0 Å². The standard InChI is InChI=1S/C12H16ClNO2/c1-15-10-2-3-12(11(13)8-10)16-9-4-6-14-7-5-9/h2-3,8-9,14H,4-7H2,1H3. The van der Waals surface area contributed by atoms with Gasteiger partial charge in [0.1, 0.15) is 17.6 Å². The van der Waals surface area contributed by atoms with E-state index in [2.05, 4.69) is 5.32 Å². The molecule has 1 aliphatic heterocycles. The van der Waals surface area contributed by atoms with Gasteiger partial charge in [-0.3, -0.25) is 0 Å². The highest BCUT2D eigenvalue weighted by Gasteiger charge is 2.15. The first kappa shape index (κ1) is 11.6.